The van der Waals surface area contributed by atoms with Crippen LogP contribution in [0.1, 0.15) is 19.3 Å². The van der Waals surface area contributed by atoms with Gasteiger partial charge in [0.25, 0.3) is 0 Å². The van der Waals surface area contributed by atoms with Gasteiger partial charge >= 0.3 is 6.03 Å². The number of anilines is 1. The highest BCUT2D eigenvalue weighted by Crippen LogP contribution is 2.28. The van der Waals surface area contributed by atoms with E-state index >= 15 is 0 Å². The zero-order valence-corrected chi connectivity index (χ0v) is 12.6. The molecule has 1 fully saturated rings. The molecule has 0 aromatic heterocycles. The maximum Gasteiger partial charge on any atom is 0.328 e. The van der Waals surface area contributed by atoms with Crippen molar-refractivity contribution in [1.29, 1.82) is 5.26 Å². The van der Waals surface area contributed by atoms with E-state index in [1.165, 1.54) is 12.1 Å². The van der Waals surface area contributed by atoms with Crippen LogP contribution in [0.15, 0.2) is 18.2 Å². The number of benzene rings is 1. The summed E-state index contributed by atoms with van der Waals surface area (Å²) in [7, 11) is 0. The number of nitriles is 1. The third-order valence-electron chi connectivity index (χ3n) is 2.80. The van der Waals surface area contributed by atoms with Gasteiger partial charge in [0, 0.05) is 9.61 Å². The summed E-state index contributed by atoms with van der Waals surface area (Å²) in [5, 5.41) is 10.9. The molecule has 1 saturated carbocycles. The van der Waals surface area contributed by atoms with Crippen molar-refractivity contribution in [1.82, 2.24) is 4.90 Å². The van der Waals surface area contributed by atoms with Gasteiger partial charge in [-0.1, -0.05) is 0 Å². The first-order valence-corrected chi connectivity index (χ1v) is 7.06. The van der Waals surface area contributed by atoms with E-state index < -0.39 is 17.8 Å². The van der Waals surface area contributed by atoms with E-state index in [4.69, 9.17) is 5.26 Å². The third kappa shape index (κ3) is 3.45. The van der Waals surface area contributed by atoms with Crippen molar-refractivity contribution in [3.05, 3.63) is 27.6 Å². The molecule has 0 bridgehead atoms. The number of hydrogen-bond acceptors (Lipinski definition) is 3. The van der Waals surface area contributed by atoms with Crippen molar-refractivity contribution < 1.29 is 14.0 Å². The average molecular weight is 387 g/mol. The Balaban J connectivity index is 2.12. The van der Waals surface area contributed by atoms with Crippen LogP contribution in [0, 0.1) is 20.7 Å². The molecule has 0 radical (unpaired) electrons. The number of rotatable bonds is 3. The van der Waals surface area contributed by atoms with E-state index in [9.17, 15) is 14.0 Å². The zero-order chi connectivity index (χ0) is 14.7. The Bertz CT molecular complexity index is 596. The van der Waals surface area contributed by atoms with E-state index in [1.54, 1.807) is 12.1 Å². The Morgan fingerprint density at radius 3 is 2.75 bits per heavy atom. The largest absolute Gasteiger partial charge is 0.328 e. The molecule has 0 spiro atoms. The van der Waals surface area contributed by atoms with Crippen molar-refractivity contribution in [2.24, 2.45) is 0 Å². The second-order valence-electron chi connectivity index (χ2n) is 4.38. The number of imide groups is 1. The summed E-state index contributed by atoms with van der Waals surface area (Å²) < 4.78 is 14.4. The van der Waals surface area contributed by atoms with E-state index in [-0.39, 0.29) is 18.2 Å². The number of hydrogen-bond donors (Lipinski definition) is 1. The highest BCUT2D eigenvalue weighted by Gasteiger charge is 2.37. The molecule has 1 aromatic rings. The number of carbonyl (C=O) groups excluding carboxylic acids is 2. The molecule has 0 unspecified atom stereocenters. The first-order chi connectivity index (χ1) is 9.52. The Labute approximate surface area is 128 Å². The second-order valence-corrected chi connectivity index (χ2v) is 5.63. The van der Waals surface area contributed by atoms with Gasteiger partial charge in [-0.2, -0.15) is 5.26 Å². The van der Waals surface area contributed by atoms with Crippen LogP contribution in [0.25, 0.3) is 0 Å². The van der Waals surface area contributed by atoms with Gasteiger partial charge in [0.2, 0.25) is 5.91 Å². The van der Waals surface area contributed by atoms with Crippen LogP contribution >= 0.6 is 22.6 Å². The van der Waals surface area contributed by atoms with Crippen LogP contribution < -0.4 is 5.32 Å². The van der Waals surface area contributed by atoms with Crippen LogP contribution in [-0.2, 0) is 4.79 Å². The van der Waals surface area contributed by atoms with E-state index in [1.807, 2.05) is 22.6 Å². The summed E-state index contributed by atoms with van der Waals surface area (Å²) >= 11 is 1.96. The quantitative estimate of drug-likeness (QED) is 0.811. The molecule has 1 aliphatic rings. The van der Waals surface area contributed by atoms with Gasteiger partial charge in [0.05, 0.1) is 11.8 Å². The molecule has 7 heteroatoms. The van der Waals surface area contributed by atoms with Crippen molar-refractivity contribution in [2.75, 3.05) is 5.32 Å². The minimum atomic E-state index is -0.687. The fourth-order valence-electron chi connectivity index (χ4n) is 1.73. The second kappa shape index (κ2) is 6.17. The molecule has 0 saturated heterocycles. The summed E-state index contributed by atoms with van der Waals surface area (Å²) in [5.41, 5.74) is 0.0193. The lowest BCUT2D eigenvalue weighted by atomic mass is 10.3. The predicted molar refractivity (Wildman–Crippen MR) is 78.2 cm³/mol. The smallest absolute Gasteiger partial charge is 0.305 e. The van der Waals surface area contributed by atoms with Crippen LogP contribution in [0.4, 0.5) is 14.9 Å². The monoisotopic (exact) mass is 387 g/mol. The van der Waals surface area contributed by atoms with E-state index in [0.29, 0.717) is 3.57 Å². The summed E-state index contributed by atoms with van der Waals surface area (Å²) in [6, 6.07) is 5.23. The van der Waals surface area contributed by atoms with Gasteiger partial charge in [0.15, 0.2) is 0 Å². The molecule has 0 aliphatic heterocycles. The van der Waals surface area contributed by atoms with E-state index in [0.717, 1.165) is 17.7 Å². The lowest BCUT2D eigenvalue weighted by Crippen LogP contribution is -2.41. The van der Waals surface area contributed by atoms with Crippen LogP contribution in [0.5, 0.6) is 0 Å². The lowest BCUT2D eigenvalue weighted by molar-refractivity contribution is -0.127. The summed E-state index contributed by atoms with van der Waals surface area (Å²) in [5.74, 6) is -1.12. The summed E-state index contributed by atoms with van der Waals surface area (Å²) in [6.45, 7) is 0. The minimum absolute atomic E-state index is 0.0193. The number of urea groups is 1. The summed E-state index contributed by atoms with van der Waals surface area (Å²) in [4.78, 5) is 24.8. The summed E-state index contributed by atoms with van der Waals surface area (Å²) in [6.07, 6.45) is 1.08. The Morgan fingerprint density at radius 2 is 2.20 bits per heavy atom. The molecule has 20 heavy (non-hydrogen) atoms. The first-order valence-electron chi connectivity index (χ1n) is 5.98. The van der Waals surface area contributed by atoms with Crippen molar-refractivity contribution >= 4 is 40.2 Å². The lowest BCUT2D eigenvalue weighted by Gasteiger charge is -2.20. The molecule has 1 aliphatic carbocycles. The van der Waals surface area contributed by atoms with E-state index in [2.05, 4.69) is 5.32 Å². The highest BCUT2D eigenvalue weighted by atomic mass is 127. The highest BCUT2D eigenvalue weighted by molar-refractivity contribution is 14.1. The third-order valence-corrected chi connectivity index (χ3v) is 3.47. The number of halogens is 2. The predicted octanol–water partition coefficient (Wildman–Crippen LogP) is 2.87. The number of nitrogens with one attached hydrogen (secondary N) is 1. The minimum Gasteiger partial charge on any atom is -0.305 e. The standard InChI is InChI=1S/C13H11FIN3O2/c14-10-7-8(15)1-4-11(10)17-13(20)18(9-2-3-9)12(19)5-6-16/h1,4,7,9H,2-3,5H2,(H,17,20). The first kappa shape index (κ1) is 14.7. The fraction of sp³-hybridized carbons (Fsp3) is 0.308. The Morgan fingerprint density at radius 1 is 1.50 bits per heavy atom. The van der Waals surface area contributed by atoms with Gasteiger partial charge in [0.1, 0.15) is 12.2 Å². The fourth-order valence-corrected chi connectivity index (χ4v) is 2.19. The number of carbonyl (C=O) groups is 2. The van der Waals surface area contributed by atoms with Gasteiger partial charge in [-0.25, -0.2) is 9.18 Å². The molecular weight excluding hydrogens is 376 g/mol. The molecule has 1 aromatic carbocycles. The Kier molecular flexibility index (Phi) is 4.54. The van der Waals surface area contributed by atoms with Gasteiger partial charge in [-0.15, -0.1) is 0 Å². The Hall–Kier alpha value is -1.69. The van der Waals surface area contributed by atoms with Gasteiger partial charge in [-0.05, 0) is 53.6 Å². The SMILES string of the molecule is N#CCC(=O)N(C(=O)Nc1ccc(I)cc1F)C1CC1. The van der Waals surface area contributed by atoms with Gasteiger partial charge < -0.3 is 5.32 Å². The molecular formula is C13H11FIN3O2. The zero-order valence-electron chi connectivity index (χ0n) is 10.4. The van der Waals surface area contributed by atoms with Crippen molar-refractivity contribution in [3.63, 3.8) is 0 Å². The molecule has 104 valence electrons. The molecule has 0 heterocycles. The van der Waals surface area contributed by atoms with Gasteiger partial charge in [-0.3, -0.25) is 9.69 Å². The topological polar surface area (TPSA) is 73.2 Å². The maximum absolute atomic E-state index is 13.7. The molecule has 3 amide bonds. The van der Waals surface area contributed by atoms with Crippen LogP contribution in [0.2, 0.25) is 0 Å². The molecule has 1 N–H and O–H groups in total. The average Bonchev–Trinajstić information content (AvgIpc) is 3.18. The number of nitrogens with zero attached hydrogens (tertiary/aromatic N) is 2. The normalized spacial score (nSPS) is 13.4. The number of amides is 3. The molecule has 2 rings (SSSR count). The maximum atomic E-state index is 13.7. The van der Waals surface area contributed by atoms with Crippen LogP contribution in [-0.4, -0.2) is 22.9 Å². The molecule has 0 atom stereocenters. The van der Waals surface area contributed by atoms with Crippen molar-refractivity contribution in [2.45, 2.75) is 25.3 Å². The van der Waals surface area contributed by atoms with Crippen LogP contribution in [0.3, 0.4) is 0 Å². The van der Waals surface area contributed by atoms with Crippen molar-refractivity contribution in [3.8, 4) is 6.07 Å². The molecule has 5 nitrogen and oxygen atoms in total.